The Morgan fingerprint density at radius 2 is 1.92 bits per heavy atom. The number of aryl methyl sites for hydroxylation is 1. The fourth-order valence-corrected chi connectivity index (χ4v) is 1.67. The van der Waals surface area contributed by atoms with Crippen molar-refractivity contribution < 1.29 is 8.42 Å². The van der Waals surface area contributed by atoms with Gasteiger partial charge in [-0.15, -0.1) is 0 Å². The molecule has 1 aromatic carbocycles. The molecule has 0 N–H and O–H groups in total. The van der Waals surface area contributed by atoms with Crippen LogP contribution in [0.5, 0.6) is 0 Å². The first-order chi connectivity index (χ1) is 5.41. The molecule has 0 aliphatic rings. The van der Waals surface area contributed by atoms with Crippen molar-refractivity contribution in [3.63, 3.8) is 0 Å². The summed E-state index contributed by atoms with van der Waals surface area (Å²) in [5.41, 5.74) is 0.777. The summed E-state index contributed by atoms with van der Waals surface area (Å²) in [6, 6.07) is 4.66. The van der Waals surface area contributed by atoms with E-state index in [1.54, 1.807) is 19.1 Å². The molecular weight excluding hydrogens is 196 g/mol. The third-order valence-electron chi connectivity index (χ3n) is 1.56. The highest BCUT2D eigenvalue weighted by molar-refractivity contribution is 7.90. The van der Waals surface area contributed by atoms with Gasteiger partial charge in [0.2, 0.25) is 0 Å². The van der Waals surface area contributed by atoms with Gasteiger partial charge in [-0.1, -0.05) is 11.6 Å². The monoisotopic (exact) mass is 204 g/mol. The highest BCUT2D eigenvalue weighted by Gasteiger charge is 2.07. The van der Waals surface area contributed by atoms with Crippen LogP contribution in [0.3, 0.4) is 0 Å². The maximum absolute atomic E-state index is 11.1. The quantitative estimate of drug-likeness (QED) is 0.702. The average molecular weight is 205 g/mol. The van der Waals surface area contributed by atoms with Crippen molar-refractivity contribution in [2.75, 3.05) is 6.26 Å². The highest BCUT2D eigenvalue weighted by atomic mass is 35.5. The van der Waals surface area contributed by atoms with Gasteiger partial charge in [-0.3, -0.25) is 0 Å². The van der Waals surface area contributed by atoms with E-state index in [2.05, 4.69) is 0 Å². The lowest BCUT2D eigenvalue weighted by Crippen LogP contribution is -1.96. The molecule has 0 fully saturated rings. The van der Waals surface area contributed by atoms with E-state index in [0.29, 0.717) is 9.92 Å². The highest BCUT2D eigenvalue weighted by Crippen LogP contribution is 2.18. The third-order valence-corrected chi connectivity index (χ3v) is 3.09. The van der Waals surface area contributed by atoms with Crippen LogP contribution < -0.4 is 0 Å². The van der Waals surface area contributed by atoms with Crippen LogP contribution in [0.2, 0.25) is 5.02 Å². The molecule has 4 heteroatoms. The Balaban J connectivity index is 3.33. The first-order valence-corrected chi connectivity index (χ1v) is 5.64. The van der Waals surface area contributed by atoms with E-state index < -0.39 is 9.84 Å². The van der Waals surface area contributed by atoms with Crippen LogP contribution in [-0.4, -0.2) is 14.7 Å². The molecule has 0 radical (unpaired) electrons. The lowest BCUT2D eigenvalue weighted by atomic mass is 10.2. The smallest absolute Gasteiger partial charge is 0.175 e. The van der Waals surface area contributed by atoms with Crippen LogP contribution >= 0.6 is 11.6 Å². The first-order valence-electron chi connectivity index (χ1n) is 3.37. The molecule has 0 aromatic heterocycles. The zero-order valence-electron chi connectivity index (χ0n) is 6.83. The van der Waals surface area contributed by atoms with Gasteiger partial charge in [0.1, 0.15) is 0 Å². The second kappa shape index (κ2) is 3.07. The molecule has 0 aliphatic carbocycles. The minimum atomic E-state index is -3.10. The number of rotatable bonds is 1. The molecule has 0 aliphatic heterocycles. The minimum absolute atomic E-state index is 0.310. The molecule has 0 atom stereocenters. The second-order valence-electron chi connectivity index (χ2n) is 2.68. The zero-order valence-corrected chi connectivity index (χ0v) is 8.41. The number of benzene rings is 1. The van der Waals surface area contributed by atoms with Gasteiger partial charge in [0.25, 0.3) is 0 Å². The summed E-state index contributed by atoms with van der Waals surface area (Å²) in [5.74, 6) is 0. The molecule has 0 heterocycles. The molecule has 2 nitrogen and oxygen atoms in total. The minimum Gasteiger partial charge on any atom is -0.224 e. The summed E-state index contributed by atoms with van der Waals surface area (Å²) >= 11 is 5.74. The van der Waals surface area contributed by atoms with E-state index in [0.717, 1.165) is 5.56 Å². The average Bonchev–Trinajstić information content (AvgIpc) is 1.92. The molecule has 66 valence electrons. The predicted molar refractivity (Wildman–Crippen MR) is 49.3 cm³/mol. The third kappa shape index (κ3) is 1.99. The van der Waals surface area contributed by atoms with E-state index in [1.165, 1.54) is 12.3 Å². The van der Waals surface area contributed by atoms with Gasteiger partial charge in [0.05, 0.1) is 4.90 Å². The van der Waals surface area contributed by atoms with Crippen LogP contribution in [0.4, 0.5) is 0 Å². The van der Waals surface area contributed by atoms with E-state index in [1.807, 2.05) is 0 Å². The Bertz CT molecular complexity index is 396. The maximum atomic E-state index is 11.1. The number of sulfone groups is 1. The van der Waals surface area contributed by atoms with Crippen LogP contribution in [0, 0.1) is 6.92 Å². The van der Waals surface area contributed by atoms with E-state index in [9.17, 15) is 8.42 Å². The number of hydrogen-bond donors (Lipinski definition) is 0. The number of hydrogen-bond acceptors (Lipinski definition) is 2. The lowest BCUT2D eigenvalue weighted by Gasteiger charge is -2.00. The summed E-state index contributed by atoms with van der Waals surface area (Å²) in [7, 11) is -3.10. The van der Waals surface area contributed by atoms with Crippen molar-refractivity contribution in [1.82, 2.24) is 0 Å². The summed E-state index contributed by atoms with van der Waals surface area (Å²) in [6.07, 6.45) is 1.18. The van der Waals surface area contributed by atoms with Gasteiger partial charge < -0.3 is 0 Å². The molecule has 0 saturated heterocycles. The summed E-state index contributed by atoms with van der Waals surface area (Å²) < 4.78 is 22.1. The van der Waals surface area contributed by atoms with Crippen molar-refractivity contribution in [3.05, 3.63) is 28.8 Å². The molecule has 1 aromatic rings. The van der Waals surface area contributed by atoms with Gasteiger partial charge in [-0.05, 0) is 30.7 Å². The van der Waals surface area contributed by atoms with E-state index >= 15 is 0 Å². The Morgan fingerprint density at radius 3 is 2.33 bits per heavy atom. The largest absolute Gasteiger partial charge is 0.224 e. The van der Waals surface area contributed by atoms with Crippen molar-refractivity contribution in [1.29, 1.82) is 0 Å². The van der Waals surface area contributed by atoms with Crippen molar-refractivity contribution in [2.24, 2.45) is 0 Å². The Hall–Kier alpha value is -0.540. The van der Waals surface area contributed by atoms with E-state index in [-0.39, 0.29) is 0 Å². The SMILES string of the molecule is Cc1cc(S(C)(=O)=O)ccc1Cl. The standard InChI is InChI=1S/C8H9ClO2S/c1-6-5-7(12(2,10)11)3-4-8(6)9/h3-5H,1-2H3. The van der Waals surface area contributed by atoms with Crippen molar-refractivity contribution in [2.45, 2.75) is 11.8 Å². The molecule has 0 spiro atoms. The van der Waals surface area contributed by atoms with Crippen molar-refractivity contribution in [3.8, 4) is 0 Å². The van der Waals surface area contributed by atoms with Gasteiger partial charge in [-0.2, -0.15) is 0 Å². The molecular formula is C8H9ClO2S. The first kappa shape index (κ1) is 9.55. The molecule has 0 unspecified atom stereocenters. The number of halogens is 1. The fraction of sp³-hybridized carbons (Fsp3) is 0.250. The van der Waals surface area contributed by atoms with Crippen LogP contribution in [0.15, 0.2) is 23.1 Å². The molecule has 12 heavy (non-hydrogen) atoms. The summed E-state index contributed by atoms with van der Waals surface area (Å²) in [6.45, 7) is 1.77. The molecule has 1 rings (SSSR count). The molecule has 0 saturated carbocycles. The van der Waals surface area contributed by atoms with Crippen LogP contribution in [0.25, 0.3) is 0 Å². The van der Waals surface area contributed by atoms with Gasteiger partial charge >= 0.3 is 0 Å². The lowest BCUT2D eigenvalue weighted by molar-refractivity contribution is 0.602. The van der Waals surface area contributed by atoms with Crippen LogP contribution in [-0.2, 0) is 9.84 Å². The predicted octanol–water partition coefficient (Wildman–Crippen LogP) is 2.05. The summed E-state index contributed by atoms with van der Waals surface area (Å²) in [5, 5.41) is 0.586. The molecule has 0 amide bonds. The Labute approximate surface area is 77.1 Å². The normalized spacial score (nSPS) is 11.6. The maximum Gasteiger partial charge on any atom is 0.175 e. The molecule has 0 bridgehead atoms. The Morgan fingerprint density at radius 1 is 1.33 bits per heavy atom. The zero-order chi connectivity index (χ0) is 9.35. The van der Waals surface area contributed by atoms with Gasteiger partial charge in [0.15, 0.2) is 9.84 Å². The van der Waals surface area contributed by atoms with Crippen molar-refractivity contribution >= 4 is 21.4 Å². The van der Waals surface area contributed by atoms with E-state index in [4.69, 9.17) is 11.6 Å². The van der Waals surface area contributed by atoms with Gasteiger partial charge in [-0.25, -0.2) is 8.42 Å². The topological polar surface area (TPSA) is 34.1 Å². The summed E-state index contributed by atoms with van der Waals surface area (Å²) in [4.78, 5) is 0.310. The second-order valence-corrected chi connectivity index (χ2v) is 5.11. The van der Waals surface area contributed by atoms with Gasteiger partial charge in [0, 0.05) is 11.3 Å². The van der Waals surface area contributed by atoms with Crippen LogP contribution in [0.1, 0.15) is 5.56 Å². The fourth-order valence-electron chi connectivity index (χ4n) is 0.848. The Kier molecular flexibility index (Phi) is 2.44.